The van der Waals surface area contributed by atoms with E-state index in [4.69, 9.17) is 4.74 Å². The molecule has 0 aliphatic carbocycles. The molecule has 2 aliphatic heterocycles. The summed E-state index contributed by atoms with van der Waals surface area (Å²) in [5.41, 5.74) is 1.16. The zero-order chi connectivity index (χ0) is 15.2. The second-order valence-corrected chi connectivity index (χ2v) is 6.42. The average molecular weight is 302 g/mol. The molecule has 22 heavy (non-hydrogen) atoms. The lowest BCUT2D eigenvalue weighted by molar-refractivity contribution is -0.132. The Kier molecular flexibility index (Phi) is 5.46. The molecule has 3 rings (SSSR count). The van der Waals surface area contributed by atoms with Crippen LogP contribution in [-0.2, 0) is 16.1 Å². The van der Waals surface area contributed by atoms with Crippen LogP contribution in [0.5, 0.6) is 0 Å². The highest BCUT2D eigenvalue weighted by molar-refractivity contribution is 5.76. The summed E-state index contributed by atoms with van der Waals surface area (Å²) in [7, 11) is 0. The van der Waals surface area contributed by atoms with Crippen molar-refractivity contribution in [3.05, 3.63) is 35.9 Å². The van der Waals surface area contributed by atoms with Crippen LogP contribution in [0.2, 0.25) is 0 Å². The number of hydrogen-bond acceptors (Lipinski definition) is 3. The van der Waals surface area contributed by atoms with Gasteiger partial charge in [-0.15, -0.1) is 0 Å². The van der Waals surface area contributed by atoms with Crippen molar-refractivity contribution in [3.8, 4) is 0 Å². The Bertz CT molecular complexity index is 463. The zero-order valence-corrected chi connectivity index (χ0v) is 13.2. The molecular formula is C18H26N2O2. The molecule has 1 N–H and O–H groups in total. The predicted molar refractivity (Wildman–Crippen MR) is 86.4 cm³/mol. The molecule has 0 saturated carbocycles. The second-order valence-electron chi connectivity index (χ2n) is 6.42. The van der Waals surface area contributed by atoms with Crippen LogP contribution in [0, 0.1) is 11.8 Å². The van der Waals surface area contributed by atoms with Crippen molar-refractivity contribution in [2.75, 3.05) is 32.8 Å². The van der Waals surface area contributed by atoms with Crippen molar-refractivity contribution >= 4 is 5.91 Å². The maximum absolute atomic E-state index is 12.3. The van der Waals surface area contributed by atoms with Crippen LogP contribution in [0.1, 0.15) is 24.8 Å². The molecule has 1 aromatic carbocycles. The third-order valence-electron chi connectivity index (χ3n) is 4.94. The molecule has 0 radical (unpaired) electrons. The predicted octanol–water partition coefficient (Wildman–Crippen LogP) is 2.05. The van der Waals surface area contributed by atoms with E-state index in [2.05, 4.69) is 5.32 Å². The van der Waals surface area contributed by atoms with E-state index in [1.165, 1.54) is 0 Å². The average Bonchev–Trinajstić information content (AvgIpc) is 2.91. The molecule has 1 aromatic rings. The van der Waals surface area contributed by atoms with Gasteiger partial charge in [0.15, 0.2) is 0 Å². The summed E-state index contributed by atoms with van der Waals surface area (Å²) in [5.74, 6) is 1.79. The molecule has 2 saturated heterocycles. The van der Waals surface area contributed by atoms with Gasteiger partial charge in [0.05, 0.1) is 19.6 Å². The van der Waals surface area contributed by atoms with Crippen molar-refractivity contribution in [1.82, 2.24) is 10.2 Å². The number of nitrogens with zero attached hydrogens (tertiary/aromatic N) is 1. The summed E-state index contributed by atoms with van der Waals surface area (Å²) in [6, 6.07) is 10.1. The molecule has 120 valence electrons. The molecule has 2 aliphatic rings. The minimum atomic E-state index is 0.251. The second kappa shape index (κ2) is 7.75. The quantitative estimate of drug-likeness (QED) is 0.847. The largest absolute Gasteiger partial charge is 0.376 e. The number of likely N-dealkylation sites (tertiary alicyclic amines) is 1. The number of nitrogens with one attached hydrogen (secondary N) is 1. The van der Waals surface area contributed by atoms with Crippen LogP contribution in [0.25, 0.3) is 0 Å². The first-order valence-electron chi connectivity index (χ1n) is 8.43. The number of carbonyl (C=O) groups excluding carboxylic acids is 1. The van der Waals surface area contributed by atoms with Crippen molar-refractivity contribution in [3.63, 3.8) is 0 Å². The van der Waals surface area contributed by atoms with E-state index < -0.39 is 0 Å². The van der Waals surface area contributed by atoms with E-state index in [-0.39, 0.29) is 5.91 Å². The molecule has 2 heterocycles. The van der Waals surface area contributed by atoms with E-state index in [9.17, 15) is 4.79 Å². The van der Waals surface area contributed by atoms with Gasteiger partial charge >= 0.3 is 0 Å². The maximum atomic E-state index is 12.3. The van der Waals surface area contributed by atoms with E-state index in [1.807, 2.05) is 35.2 Å². The van der Waals surface area contributed by atoms with Gasteiger partial charge in [-0.25, -0.2) is 0 Å². The molecule has 0 unspecified atom stereocenters. The van der Waals surface area contributed by atoms with E-state index in [0.717, 1.165) is 56.4 Å². The van der Waals surface area contributed by atoms with Crippen LogP contribution in [0.3, 0.4) is 0 Å². The summed E-state index contributed by atoms with van der Waals surface area (Å²) < 4.78 is 5.63. The molecular weight excluding hydrogens is 276 g/mol. The molecule has 2 fully saturated rings. The Morgan fingerprint density at radius 2 is 1.82 bits per heavy atom. The number of ether oxygens (including phenoxy) is 1. The van der Waals surface area contributed by atoms with Gasteiger partial charge < -0.3 is 15.0 Å². The first-order chi connectivity index (χ1) is 10.8. The normalized spacial score (nSPS) is 24.8. The summed E-state index contributed by atoms with van der Waals surface area (Å²) in [6.07, 6.45) is 2.79. The minimum absolute atomic E-state index is 0.251. The van der Waals surface area contributed by atoms with Crippen molar-refractivity contribution < 1.29 is 9.53 Å². The standard InChI is InChI=1S/C18H26N2O2/c21-18(8-11-22-14-15-4-2-1-3-5-15)20-9-6-16-12-19-13-17(16)7-10-20/h1-5,16-17,19H,6-14H2/t16-,17+. The van der Waals surface area contributed by atoms with Gasteiger partial charge in [-0.3, -0.25) is 4.79 Å². The number of hydrogen-bond donors (Lipinski definition) is 1. The molecule has 0 aromatic heterocycles. The van der Waals surface area contributed by atoms with Gasteiger partial charge in [-0.05, 0) is 43.3 Å². The highest BCUT2D eigenvalue weighted by atomic mass is 16.5. The first-order valence-corrected chi connectivity index (χ1v) is 8.43. The van der Waals surface area contributed by atoms with E-state index in [0.29, 0.717) is 19.6 Å². The lowest BCUT2D eigenvalue weighted by Gasteiger charge is -2.21. The lowest BCUT2D eigenvalue weighted by Crippen LogP contribution is -2.33. The van der Waals surface area contributed by atoms with Gasteiger partial charge in [0.2, 0.25) is 5.91 Å². The van der Waals surface area contributed by atoms with Gasteiger partial charge in [-0.2, -0.15) is 0 Å². The van der Waals surface area contributed by atoms with Crippen molar-refractivity contribution in [2.45, 2.75) is 25.9 Å². The smallest absolute Gasteiger partial charge is 0.224 e. The van der Waals surface area contributed by atoms with Gasteiger partial charge in [0.1, 0.15) is 0 Å². The Morgan fingerprint density at radius 3 is 2.50 bits per heavy atom. The number of benzene rings is 1. The Morgan fingerprint density at radius 1 is 1.14 bits per heavy atom. The van der Waals surface area contributed by atoms with Gasteiger partial charge in [0, 0.05) is 13.1 Å². The molecule has 0 spiro atoms. The Labute approximate surface area is 132 Å². The lowest BCUT2D eigenvalue weighted by atomic mass is 9.92. The fourth-order valence-electron chi connectivity index (χ4n) is 3.55. The molecule has 2 atom stereocenters. The van der Waals surface area contributed by atoms with Crippen molar-refractivity contribution in [2.24, 2.45) is 11.8 Å². The highest BCUT2D eigenvalue weighted by Gasteiger charge is 2.31. The Balaban J connectivity index is 1.37. The minimum Gasteiger partial charge on any atom is -0.376 e. The number of amides is 1. The summed E-state index contributed by atoms with van der Waals surface area (Å²) >= 11 is 0. The monoisotopic (exact) mass is 302 g/mol. The first kappa shape index (κ1) is 15.5. The topological polar surface area (TPSA) is 41.6 Å². The fraction of sp³-hybridized carbons (Fsp3) is 0.611. The molecule has 0 bridgehead atoms. The van der Waals surface area contributed by atoms with Crippen LogP contribution in [-0.4, -0.2) is 43.6 Å². The summed E-state index contributed by atoms with van der Waals surface area (Å²) in [4.78, 5) is 14.4. The van der Waals surface area contributed by atoms with Crippen LogP contribution in [0.15, 0.2) is 30.3 Å². The highest BCUT2D eigenvalue weighted by Crippen LogP contribution is 2.27. The van der Waals surface area contributed by atoms with Crippen LogP contribution in [0.4, 0.5) is 0 Å². The molecule has 1 amide bonds. The third kappa shape index (κ3) is 4.08. The Hall–Kier alpha value is -1.39. The van der Waals surface area contributed by atoms with Gasteiger partial charge in [-0.1, -0.05) is 30.3 Å². The third-order valence-corrected chi connectivity index (χ3v) is 4.94. The van der Waals surface area contributed by atoms with Gasteiger partial charge in [0.25, 0.3) is 0 Å². The number of carbonyl (C=O) groups is 1. The fourth-order valence-corrected chi connectivity index (χ4v) is 3.55. The molecule has 4 nitrogen and oxygen atoms in total. The number of rotatable bonds is 5. The zero-order valence-electron chi connectivity index (χ0n) is 13.2. The maximum Gasteiger partial charge on any atom is 0.224 e. The SMILES string of the molecule is O=C(CCOCc1ccccc1)N1CC[C@@H]2CNC[C@@H]2CC1. The molecule has 4 heteroatoms. The van der Waals surface area contributed by atoms with Crippen molar-refractivity contribution in [1.29, 1.82) is 0 Å². The van der Waals surface area contributed by atoms with Crippen LogP contribution < -0.4 is 5.32 Å². The number of fused-ring (bicyclic) bond motifs is 1. The van der Waals surface area contributed by atoms with E-state index >= 15 is 0 Å². The van der Waals surface area contributed by atoms with Crippen LogP contribution >= 0.6 is 0 Å². The summed E-state index contributed by atoms with van der Waals surface area (Å²) in [5, 5.41) is 3.47. The summed E-state index contributed by atoms with van der Waals surface area (Å²) in [6.45, 7) is 5.20. The van der Waals surface area contributed by atoms with E-state index in [1.54, 1.807) is 0 Å².